The summed E-state index contributed by atoms with van der Waals surface area (Å²) < 4.78 is 1.24. The Morgan fingerprint density at radius 3 is 2.20 bits per heavy atom. The van der Waals surface area contributed by atoms with Gasteiger partial charge in [0, 0.05) is 25.1 Å². The van der Waals surface area contributed by atoms with E-state index in [-0.39, 0.29) is 59.1 Å². The number of amides is 2. The number of pyridine rings is 1. The van der Waals surface area contributed by atoms with E-state index < -0.39 is 41.5 Å². The van der Waals surface area contributed by atoms with E-state index in [0.717, 1.165) is 22.3 Å². The molecule has 0 saturated carbocycles. The average Bonchev–Trinajstić information content (AvgIpc) is 2.74. The molecule has 3 rings (SSSR count). The molecule has 3 aromatic rings. The van der Waals surface area contributed by atoms with Gasteiger partial charge in [0.2, 0.25) is 0 Å². The number of urea groups is 1. The summed E-state index contributed by atoms with van der Waals surface area (Å²) in [4.78, 5) is 36.4. The summed E-state index contributed by atoms with van der Waals surface area (Å²) in [5, 5.41) is 28.4. The number of carboxylic acids is 1. The van der Waals surface area contributed by atoms with Crippen LogP contribution in [0.1, 0.15) is 34.8 Å². The van der Waals surface area contributed by atoms with Crippen LogP contribution >= 0.6 is 0 Å². The third kappa shape index (κ3) is 7.46. The predicted molar refractivity (Wildman–Crippen MR) is 122 cm³/mol. The quantitative estimate of drug-likeness (QED) is 0.339. The van der Waals surface area contributed by atoms with Gasteiger partial charge in [0.25, 0.3) is 5.56 Å². The summed E-state index contributed by atoms with van der Waals surface area (Å²) in [5.41, 5.74) is 3.97. The zero-order chi connectivity index (χ0) is 24.3. The molecule has 0 saturated heterocycles. The van der Waals surface area contributed by atoms with E-state index in [2.05, 4.69) is 10.6 Å². The van der Waals surface area contributed by atoms with Crippen LogP contribution in [0.2, 0.25) is 0 Å². The number of carbonyl (C=O) groups is 2. The van der Waals surface area contributed by atoms with Crippen LogP contribution in [0.5, 0.6) is 5.75 Å². The van der Waals surface area contributed by atoms with Crippen molar-refractivity contribution in [2.24, 2.45) is 7.05 Å². The molecule has 2 aromatic carbocycles. The fourth-order valence-corrected chi connectivity index (χ4v) is 3.81. The second-order valence-corrected chi connectivity index (χ2v) is 8.01. The molecule has 0 bridgehead atoms. The van der Waals surface area contributed by atoms with Gasteiger partial charge in [0.1, 0.15) is 5.69 Å². The van der Waals surface area contributed by atoms with Gasteiger partial charge in [0.05, 0.1) is 6.04 Å². The number of rotatable bonds is 6. The minimum absolute atomic E-state index is 0. The van der Waals surface area contributed by atoms with Crippen molar-refractivity contribution in [3.05, 3.63) is 81.3 Å². The molecule has 2 N–H and O–H groups in total. The predicted octanol–water partition coefficient (Wildman–Crippen LogP) is -3.94. The third-order valence-corrected chi connectivity index (χ3v) is 5.61. The van der Waals surface area contributed by atoms with Crippen molar-refractivity contribution in [3.63, 3.8) is 0 Å². The molecule has 0 fully saturated rings. The van der Waals surface area contributed by atoms with Crippen LogP contribution in [0, 0.1) is 20.8 Å². The molecule has 0 spiro atoms. The summed E-state index contributed by atoms with van der Waals surface area (Å²) in [6, 6.07) is 12.6. The number of anilines is 1. The summed E-state index contributed by atoms with van der Waals surface area (Å²) in [5.74, 6) is -1.98. The first kappa shape index (κ1) is 31.0. The zero-order valence-electron chi connectivity index (χ0n) is 20.9. The van der Waals surface area contributed by atoms with Crippen LogP contribution in [0.4, 0.5) is 10.5 Å². The Hall–Kier alpha value is -2.07. The fourth-order valence-electron chi connectivity index (χ4n) is 3.81. The number of aryl methyl sites for hydroxylation is 3. The normalized spacial score (nSPS) is 11.0. The first-order valence-corrected chi connectivity index (χ1v) is 10.4. The van der Waals surface area contributed by atoms with Crippen LogP contribution in [0.3, 0.4) is 0 Å². The Kier molecular flexibility index (Phi) is 11.8. The van der Waals surface area contributed by atoms with Crippen molar-refractivity contribution in [1.82, 2.24) is 9.88 Å². The molecule has 1 aromatic heterocycles. The van der Waals surface area contributed by atoms with Crippen molar-refractivity contribution < 1.29 is 78.9 Å². The molecule has 0 aliphatic carbocycles. The maximum atomic E-state index is 12.6. The van der Waals surface area contributed by atoms with Crippen LogP contribution in [0.25, 0.3) is 11.1 Å². The second-order valence-electron chi connectivity index (χ2n) is 8.01. The van der Waals surface area contributed by atoms with Crippen LogP contribution < -0.4 is 85.5 Å². The van der Waals surface area contributed by atoms with Gasteiger partial charge in [-0.15, -0.1) is 0 Å². The van der Waals surface area contributed by atoms with E-state index in [0.29, 0.717) is 11.3 Å². The summed E-state index contributed by atoms with van der Waals surface area (Å²) in [7, 11) is 1.48. The van der Waals surface area contributed by atoms with Crippen LogP contribution in [-0.4, -0.2) is 16.6 Å². The summed E-state index contributed by atoms with van der Waals surface area (Å²) in [6.45, 7) is 5.58. The molecule has 0 radical (unpaired) electrons. The van der Waals surface area contributed by atoms with E-state index in [1.165, 1.54) is 17.7 Å². The summed E-state index contributed by atoms with van der Waals surface area (Å²) >= 11 is 0. The van der Waals surface area contributed by atoms with E-state index >= 15 is 0 Å². The molecule has 2 amide bonds. The Bertz CT molecular complexity index is 1270. The molecule has 8 nitrogen and oxygen atoms in total. The number of nitrogens with one attached hydrogen (secondary N) is 2. The molecule has 172 valence electrons. The molecular formula is C25H25N3Na2O5. The van der Waals surface area contributed by atoms with Crippen molar-refractivity contribution in [2.45, 2.75) is 33.2 Å². The standard InChI is InChI=1S/C25H27N3O5.2Na/c1-14-7-5-8-15(2)22(14)18-10-6-9-17(12-18)19(13-21(30)31)26-25(33)27-23-20(29)11-16(3)28(4)24(23)32;;/h5-12,19,29H,13H2,1-4H3,(H,30,31)(H2,26,27,33);;/q;2*+1/p-2/t19-;;/m0../s1. The number of aliphatic carboxylic acids is 1. The fraction of sp³-hybridized carbons (Fsp3) is 0.240. The Labute approximate surface area is 248 Å². The smallest absolute Gasteiger partial charge is 0.871 e. The minimum Gasteiger partial charge on any atom is -0.871 e. The van der Waals surface area contributed by atoms with Crippen molar-refractivity contribution >= 4 is 17.7 Å². The number of aromatic nitrogens is 1. The Morgan fingerprint density at radius 2 is 1.60 bits per heavy atom. The largest absolute Gasteiger partial charge is 1.00 e. The molecule has 0 unspecified atom stereocenters. The Balaban J connectivity index is 0.00000306. The number of hydrogen-bond donors (Lipinski definition) is 2. The van der Waals surface area contributed by atoms with E-state index in [4.69, 9.17) is 0 Å². The van der Waals surface area contributed by atoms with Gasteiger partial charge in [-0.1, -0.05) is 42.1 Å². The molecule has 1 heterocycles. The number of hydrogen-bond acceptors (Lipinski definition) is 5. The number of carboxylic acid groups (broad SMARTS) is 1. The van der Waals surface area contributed by atoms with E-state index in [9.17, 15) is 24.6 Å². The first-order valence-electron chi connectivity index (χ1n) is 10.4. The van der Waals surface area contributed by atoms with Crippen molar-refractivity contribution in [1.29, 1.82) is 0 Å². The monoisotopic (exact) mass is 493 g/mol. The van der Waals surface area contributed by atoms with Gasteiger partial charge in [0.15, 0.2) is 0 Å². The number of benzene rings is 2. The maximum absolute atomic E-state index is 12.6. The minimum atomic E-state index is -1.35. The van der Waals surface area contributed by atoms with Crippen molar-refractivity contribution in [2.75, 3.05) is 5.32 Å². The maximum Gasteiger partial charge on any atom is 1.00 e. The molecule has 1 atom stereocenters. The number of carbonyl (C=O) groups excluding carboxylic acids is 2. The molecule has 0 aliphatic heterocycles. The van der Waals surface area contributed by atoms with Gasteiger partial charge in [-0.25, -0.2) is 4.79 Å². The Morgan fingerprint density at radius 1 is 1.00 bits per heavy atom. The SMILES string of the molecule is Cc1cccc(C)c1-c1cccc([C@H](CC(=O)[O-])NC(=O)Nc2c([O-])cc(C)n(C)c2=O)c1.[Na+].[Na+]. The van der Waals surface area contributed by atoms with Crippen LogP contribution in [0.15, 0.2) is 53.3 Å². The zero-order valence-corrected chi connectivity index (χ0v) is 24.9. The molecule has 10 heteroatoms. The van der Waals surface area contributed by atoms with Crippen molar-refractivity contribution in [3.8, 4) is 16.9 Å². The molecule has 35 heavy (non-hydrogen) atoms. The summed E-state index contributed by atoms with van der Waals surface area (Å²) in [6.07, 6.45) is -0.486. The second kappa shape index (κ2) is 13.3. The van der Waals surface area contributed by atoms with Gasteiger partial charge in [-0.05, 0) is 60.7 Å². The van der Waals surface area contributed by atoms with Gasteiger partial charge >= 0.3 is 65.1 Å². The third-order valence-electron chi connectivity index (χ3n) is 5.61. The molecular weight excluding hydrogens is 468 g/mol. The number of nitrogens with zero attached hydrogens (tertiary/aromatic N) is 1. The van der Waals surface area contributed by atoms with Gasteiger partial charge < -0.3 is 30.2 Å². The molecule has 0 aliphatic rings. The topological polar surface area (TPSA) is 126 Å². The van der Waals surface area contributed by atoms with Crippen LogP contribution in [-0.2, 0) is 11.8 Å². The van der Waals surface area contributed by atoms with E-state index in [1.807, 2.05) is 44.2 Å². The average molecular weight is 493 g/mol. The van der Waals surface area contributed by atoms with Gasteiger partial charge in [-0.2, -0.15) is 0 Å². The van der Waals surface area contributed by atoms with E-state index in [1.54, 1.807) is 19.1 Å². The first-order chi connectivity index (χ1) is 15.6. The van der Waals surface area contributed by atoms with Gasteiger partial charge in [-0.3, -0.25) is 4.79 Å².